The van der Waals surface area contributed by atoms with E-state index in [-0.39, 0.29) is 30.2 Å². The average molecular weight is 411 g/mol. The van der Waals surface area contributed by atoms with Gasteiger partial charge in [0.15, 0.2) is 11.5 Å². The van der Waals surface area contributed by atoms with Crippen molar-refractivity contribution in [2.24, 2.45) is 13.0 Å². The molecular weight excluding hydrogens is 384 g/mol. The van der Waals surface area contributed by atoms with E-state index >= 15 is 0 Å². The van der Waals surface area contributed by atoms with Gasteiger partial charge in [-0.25, -0.2) is 0 Å². The van der Waals surface area contributed by atoms with Crippen molar-refractivity contribution < 1.29 is 19.0 Å². The molecule has 2 heterocycles. The minimum absolute atomic E-state index is 0. The molecule has 1 aliphatic rings. The molecule has 1 saturated heterocycles. The van der Waals surface area contributed by atoms with Crippen molar-refractivity contribution in [3.05, 3.63) is 36.2 Å². The minimum Gasteiger partial charge on any atom is -0.493 e. The van der Waals surface area contributed by atoms with E-state index in [2.05, 4.69) is 15.7 Å². The highest BCUT2D eigenvalue weighted by Crippen LogP contribution is 2.32. The lowest BCUT2D eigenvalue weighted by molar-refractivity contribution is -0.119. The molecular formula is C19H27ClN4O4. The Morgan fingerprint density at radius 1 is 1.29 bits per heavy atom. The standard InChI is InChI=1S/C19H26N4O4.ClH/c1-23-12-13(9-21-23)15-10-20-11-16(15)19(24)22-14-4-5-17(26-3)18(8-14)27-7-6-25-2;/h4-5,8-9,12,15-16,20H,6-7,10-11H2,1-3H3,(H,22,24);1H/t15-,16+;/m1./s1. The molecule has 1 amide bonds. The molecule has 8 nitrogen and oxygen atoms in total. The Morgan fingerprint density at radius 2 is 2.11 bits per heavy atom. The lowest BCUT2D eigenvalue weighted by Gasteiger charge is -2.18. The van der Waals surface area contributed by atoms with Crippen molar-refractivity contribution in [3.8, 4) is 11.5 Å². The fourth-order valence-electron chi connectivity index (χ4n) is 3.27. The number of halogens is 1. The highest BCUT2D eigenvalue weighted by Gasteiger charge is 2.34. The quantitative estimate of drug-likeness (QED) is 0.645. The third kappa shape index (κ3) is 5.15. The number of rotatable bonds is 8. The van der Waals surface area contributed by atoms with Crippen LogP contribution in [0.2, 0.25) is 0 Å². The summed E-state index contributed by atoms with van der Waals surface area (Å²) >= 11 is 0. The van der Waals surface area contributed by atoms with Gasteiger partial charge < -0.3 is 24.8 Å². The highest BCUT2D eigenvalue weighted by molar-refractivity contribution is 5.94. The maximum Gasteiger partial charge on any atom is 0.229 e. The molecule has 3 rings (SSSR count). The van der Waals surface area contributed by atoms with Gasteiger partial charge in [0.25, 0.3) is 0 Å². The van der Waals surface area contributed by atoms with Crippen LogP contribution in [0.4, 0.5) is 5.69 Å². The summed E-state index contributed by atoms with van der Waals surface area (Å²) in [5.74, 6) is 1.10. The molecule has 2 atom stereocenters. The number of anilines is 1. The van der Waals surface area contributed by atoms with Crippen molar-refractivity contribution >= 4 is 24.0 Å². The number of nitrogens with one attached hydrogen (secondary N) is 2. The summed E-state index contributed by atoms with van der Waals surface area (Å²) in [7, 11) is 5.08. The van der Waals surface area contributed by atoms with E-state index in [9.17, 15) is 4.79 Å². The first-order valence-electron chi connectivity index (χ1n) is 8.92. The van der Waals surface area contributed by atoms with Gasteiger partial charge in [-0.2, -0.15) is 5.10 Å². The summed E-state index contributed by atoms with van der Waals surface area (Å²) in [5, 5.41) is 10.5. The number of carbonyl (C=O) groups excluding carboxylic acids is 1. The Morgan fingerprint density at radius 3 is 2.79 bits per heavy atom. The van der Waals surface area contributed by atoms with Crippen LogP contribution in [0, 0.1) is 5.92 Å². The fourth-order valence-corrected chi connectivity index (χ4v) is 3.27. The lowest BCUT2D eigenvalue weighted by Crippen LogP contribution is -2.28. The number of aromatic nitrogens is 2. The van der Waals surface area contributed by atoms with E-state index < -0.39 is 0 Å². The summed E-state index contributed by atoms with van der Waals surface area (Å²) in [5.41, 5.74) is 1.74. The minimum atomic E-state index is -0.158. The molecule has 2 N–H and O–H groups in total. The van der Waals surface area contributed by atoms with E-state index in [0.29, 0.717) is 36.9 Å². The number of aryl methyl sites for hydroxylation is 1. The van der Waals surface area contributed by atoms with Gasteiger partial charge in [0.05, 0.1) is 25.8 Å². The molecule has 1 aromatic carbocycles. The second-order valence-electron chi connectivity index (χ2n) is 6.51. The zero-order valence-electron chi connectivity index (χ0n) is 16.3. The Hall–Kier alpha value is -2.29. The first-order chi connectivity index (χ1) is 13.1. The molecule has 0 spiro atoms. The summed E-state index contributed by atoms with van der Waals surface area (Å²) in [6.45, 7) is 2.27. The van der Waals surface area contributed by atoms with Crippen molar-refractivity contribution in [1.82, 2.24) is 15.1 Å². The maximum atomic E-state index is 12.9. The van der Waals surface area contributed by atoms with Crippen LogP contribution in [0.15, 0.2) is 30.6 Å². The van der Waals surface area contributed by atoms with E-state index in [1.807, 2.05) is 19.4 Å². The summed E-state index contributed by atoms with van der Waals surface area (Å²) in [6, 6.07) is 5.36. The molecule has 0 unspecified atom stereocenters. The third-order valence-electron chi connectivity index (χ3n) is 4.68. The Labute approximate surface area is 170 Å². The zero-order chi connectivity index (χ0) is 19.2. The molecule has 0 bridgehead atoms. The van der Waals surface area contributed by atoms with Crippen LogP contribution in [0.3, 0.4) is 0 Å². The van der Waals surface area contributed by atoms with Gasteiger partial charge in [0, 0.05) is 51.1 Å². The van der Waals surface area contributed by atoms with E-state index in [1.54, 1.807) is 37.1 Å². The van der Waals surface area contributed by atoms with Crippen LogP contribution in [0.1, 0.15) is 11.5 Å². The second-order valence-corrected chi connectivity index (χ2v) is 6.51. The molecule has 0 saturated carbocycles. The number of hydrogen-bond donors (Lipinski definition) is 2. The number of nitrogens with zero attached hydrogens (tertiary/aromatic N) is 2. The maximum absolute atomic E-state index is 12.9. The molecule has 9 heteroatoms. The molecule has 28 heavy (non-hydrogen) atoms. The molecule has 2 aromatic rings. The zero-order valence-corrected chi connectivity index (χ0v) is 17.1. The van der Waals surface area contributed by atoms with Crippen LogP contribution in [-0.4, -0.2) is 56.2 Å². The number of carbonyl (C=O) groups is 1. The predicted molar refractivity (Wildman–Crippen MR) is 109 cm³/mol. The van der Waals surface area contributed by atoms with Gasteiger partial charge in [-0.1, -0.05) is 0 Å². The number of hydrogen-bond acceptors (Lipinski definition) is 6. The second kappa shape index (κ2) is 10.3. The normalized spacial score (nSPS) is 18.4. The third-order valence-corrected chi connectivity index (χ3v) is 4.68. The van der Waals surface area contributed by atoms with E-state index in [1.165, 1.54) is 0 Å². The van der Waals surface area contributed by atoms with Crippen LogP contribution < -0.4 is 20.1 Å². The van der Waals surface area contributed by atoms with Crippen molar-refractivity contribution in [1.29, 1.82) is 0 Å². The van der Waals surface area contributed by atoms with Crippen LogP contribution in [0.25, 0.3) is 0 Å². The van der Waals surface area contributed by atoms with Gasteiger partial charge in [0.1, 0.15) is 6.61 Å². The van der Waals surface area contributed by atoms with Crippen LogP contribution in [-0.2, 0) is 16.6 Å². The van der Waals surface area contributed by atoms with E-state index in [0.717, 1.165) is 12.1 Å². The van der Waals surface area contributed by atoms with Crippen LogP contribution in [0.5, 0.6) is 11.5 Å². The largest absolute Gasteiger partial charge is 0.493 e. The Bertz CT molecular complexity index is 783. The molecule has 0 aliphatic carbocycles. The highest BCUT2D eigenvalue weighted by atomic mass is 35.5. The summed E-state index contributed by atoms with van der Waals surface area (Å²) < 4.78 is 17.8. The number of ether oxygens (including phenoxy) is 3. The summed E-state index contributed by atoms with van der Waals surface area (Å²) in [4.78, 5) is 12.9. The summed E-state index contributed by atoms with van der Waals surface area (Å²) in [6.07, 6.45) is 3.79. The fraction of sp³-hybridized carbons (Fsp3) is 0.474. The smallest absolute Gasteiger partial charge is 0.229 e. The number of methoxy groups -OCH3 is 2. The number of benzene rings is 1. The van der Waals surface area contributed by atoms with Crippen LogP contribution >= 0.6 is 12.4 Å². The first-order valence-corrected chi connectivity index (χ1v) is 8.92. The van der Waals surface area contributed by atoms with E-state index in [4.69, 9.17) is 14.2 Å². The molecule has 1 aromatic heterocycles. The van der Waals surface area contributed by atoms with Crippen molar-refractivity contribution in [2.45, 2.75) is 5.92 Å². The van der Waals surface area contributed by atoms with Gasteiger partial charge in [-0.05, 0) is 17.7 Å². The van der Waals surface area contributed by atoms with Gasteiger partial charge in [0.2, 0.25) is 5.91 Å². The van der Waals surface area contributed by atoms with Crippen molar-refractivity contribution in [2.75, 3.05) is 45.8 Å². The van der Waals surface area contributed by atoms with Gasteiger partial charge in [-0.15, -0.1) is 12.4 Å². The van der Waals surface area contributed by atoms with Gasteiger partial charge >= 0.3 is 0 Å². The monoisotopic (exact) mass is 410 g/mol. The number of amides is 1. The lowest BCUT2D eigenvalue weighted by atomic mass is 9.90. The molecule has 0 radical (unpaired) electrons. The molecule has 1 aliphatic heterocycles. The first kappa shape index (κ1) is 22.0. The van der Waals surface area contributed by atoms with Gasteiger partial charge in [-0.3, -0.25) is 9.48 Å². The Kier molecular flexibility index (Phi) is 8.10. The van der Waals surface area contributed by atoms with Crippen molar-refractivity contribution in [3.63, 3.8) is 0 Å². The molecule has 1 fully saturated rings. The SMILES string of the molecule is COCCOc1cc(NC(=O)[C@H]2CNC[C@@H]2c2cnn(C)c2)ccc1OC.Cl. The predicted octanol–water partition coefficient (Wildman–Crippen LogP) is 1.82. The topological polar surface area (TPSA) is 86.6 Å². The molecule has 154 valence electrons. The Balaban J connectivity index is 0.00000280. The average Bonchev–Trinajstić information content (AvgIpc) is 3.31.